The van der Waals surface area contributed by atoms with E-state index in [0.717, 1.165) is 72.1 Å². The van der Waals surface area contributed by atoms with Crippen molar-refractivity contribution in [2.24, 2.45) is 0 Å². The van der Waals surface area contributed by atoms with Crippen molar-refractivity contribution in [1.29, 1.82) is 0 Å². The normalized spacial score (nSPS) is 14.6. The predicted molar refractivity (Wildman–Crippen MR) is 199 cm³/mol. The van der Waals surface area contributed by atoms with E-state index < -0.39 is 0 Å². The van der Waals surface area contributed by atoms with Gasteiger partial charge in [-0.25, -0.2) is 9.97 Å². The van der Waals surface area contributed by atoms with Crippen LogP contribution in [-0.2, 0) is 0 Å². The van der Waals surface area contributed by atoms with E-state index in [-0.39, 0.29) is 6.17 Å². The summed E-state index contributed by atoms with van der Waals surface area (Å²) in [6.45, 7) is 0. The Kier molecular flexibility index (Phi) is 5.25. The summed E-state index contributed by atoms with van der Waals surface area (Å²) in [4.78, 5) is 12.0. The molecule has 11 rings (SSSR count). The second-order valence-electron chi connectivity index (χ2n) is 12.9. The maximum atomic E-state index is 6.40. The van der Waals surface area contributed by atoms with E-state index in [4.69, 9.17) is 14.4 Å². The molecule has 5 aromatic carbocycles. The first kappa shape index (κ1) is 26.5. The van der Waals surface area contributed by atoms with Crippen LogP contribution in [0.2, 0.25) is 0 Å². The summed E-state index contributed by atoms with van der Waals surface area (Å²) in [5.74, 6) is 0. The van der Waals surface area contributed by atoms with Crippen molar-refractivity contribution in [2.45, 2.75) is 6.17 Å². The third kappa shape index (κ3) is 3.67. The number of fused-ring (bicyclic) bond motifs is 10. The summed E-state index contributed by atoms with van der Waals surface area (Å²) in [6.07, 6.45) is 3.78. The van der Waals surface area contributed by atoms with Gasteiger partial charge in [-0.05, 0) is 96.6 Å². The van der Waals surface area contributed by atoms with E-state index in [1.165, 1.54) is 22.0 Å². The molecule has 0 fully saturated rings. The number of nitrogens with one attached hydrogen (secondary N) is 1. The van der Waals surface area contributed by atoms with Crippen molar-refractivity contribution < 1.29 is 4.42 Å². The Hall–Kier alpha value is -6.60. The third-order valence-corrected chi connectivity index (χ3v) is 10.2. The fourth-order valence-electron chi connectivity index (χ4n) is 7.98. The summed E-state index contributed by atoms with van der Waals surface area (Å²) >= 11 is 0. The van der Waals surface area contributed by atoms with Gasteiger partial charge in [0.05, 0.1) is 22.4 Å². The second-order valence-corrected chi connectivity index (χ2v) is 12.9. The van der Waals surface area contributed by atoms with Crippen LogP contribution in [0.4, 0.5) is 11.4 Å². The van der Waals surface area contributed by atoms with Crippen LogP contribution in [0, 0.1) is 0 Å². The molecule has 7 nitrogen and oxygen atoms in total. The first-order valence-electron chi connectivity index (χ1n) is 16.5. The quantitative estimate of drug-likeness (QED) is 0.210. The standard InChI is InChI=1S/C42H28N6O/c1-46-37-13-5-3-11-34(37)45-40(46)25-14-17-36-31(22-25)30-10-7-21-44-42(30)48(36)27-16-19-39-33(24-27)32-23-26(15-18-38(32)49-39)47-35-12-4-2-8-28(35)29-9-6-20-43-41(29)47/h2-24,40,45H,1H3. The Balaban J connectivity index is 1.09. The molecule has 1 atom stereocenters. The molecule has 0 amide bonds. The number of furan rings is 1. The van der Waals surface area contributed by atoms with Gasteiger partial charge in [-0.3, -0.25) is 9.13 Å². The zero-order valence-electron chi connectivity index (χ0n) is 26.5. The number of anilines is 2. The lowest BCUT2D eigenvalue weighted by atomic mass is 10.1. The zero-order valence-corrected chi connectivity index (χ0v) is 26.5. The highest BCUT2D eigenvalue weighted by atomic mass is 16.3. The Morgan fingerprint density at radius 2 is 1.16 bits per heavy atom. The summed E-state index contributed by atoms with van der Waals surface area (Å²) in [5.41, 5.74) is 11.4. The molecule has 1 unspecified atom stereocenters. The molecule has 0 spiro atoms. The van der Waals surface area contributed by atoms with Crippen molar-refractivity contribution in [2.75, 3.05) is 17.3 Å². The lowest BCUT2D eigenvalue weighted by molar-refractivity contribution is 0.669. The van der Waals surface area contributed by atoms with Gasteiger partial charge >= 0.3 is 0 Å². The Morgan fingerprint density at radius 3 is 1.88 bits per heavy atom. The number of rotatable bonds is 3. The molecule has 7 heteroatoms. The van der Waals surface area contributed by atoms with Crippen LogP contribution >= 0.6 is 0 Å². The van der Waals surface area contributed by atoms with Gasteiger partial charge in [0, 0.05) is 63.1 Å². The highest BCUT2D eigenvalue weighted by Crippen LogP contribution is 2.42. The molecule has 0 saturated heterocycles. The monoisotopic (exact) mass is 632 g/mol. The van der Waals surface area contributed by atoms with Gasteiger partial charge in [0.1, 0.15) is 28.6 Å². The van der Waals surface area contributed by atoms with Crippen LogP contribution in [0.5, 0.6) is 0 Å². The van der Waals surface area contributed by atoms with Crippen molar-refractivity contribution in [1.82, 2.24) is 19.1 Å². The number of hydrogen-bond acceptors (Lipinski definition) is 5. The maximum Gasteiger partial charge on any atom is 0.145 e. The second kappa shape index (κ2) is 9.71. The molecule has 10 aromatic rings. The van der Waals surface area contributed by atoms with Crippen LogP contribution in [0.15, 0.2) is 144 Å². The molecule has 0 radical (unpaired) electrons. The van der Waals surface area contributed by atoms with E-state index in [1.54, 1.807) is 0 Å². The number of nitrogens with zero attached hydrogens (tertiary/aromatic N) is 5. The van der Waals surface area contributed by atoms with Crippen LogP contribution < -0.4 is 10.2 Å². The lowest BCUT2D eigenvalue weighted by Gasteiger charge is -2.22. The Labute approximate surface area is 280 Å². The molecule has 1 N–H and O–H groups in total. The summed E-state index contributed by atoms with van der Waals surface area (Å²) in [5, 5.41) is 10.4. The predicted octanol–water partition coefficient (Wildman–Crippen LogP) is 10.1. The van der Waals surface area contributed by atoms with Crippen molar-refractivity contribution in [3.8, 4) is 11.4 Å². The lowest BCUT2D eigenvalue weighted by Crippen LogP contribution is -2.23. The SMILES string of the molecule is CN1c2ccccc2NC1c1ccc2c(c1)c1cccnc1n2-c1ccc2oc3ccc(-n4c5ccccc5c5cccnc54)cc3c2c1. The van der Waals surface area contributed by atoms with E-state index in [1.807, 2.05) is 24.5 Å². The first-order chi connectivity index (χ1) is 24.2. The van der Waals surface area contributed by atoms with Gasteiger partial charge in [0.15, 0.2) is 0 Å². The van der Waals surface area contributed by atoms with Gasteiger partial charge in [-0.15, -0.1) is 0 Å². The van der Waals surface area contributed by atoms with Crippen molar-refractivity contribution in [3.05, 3.63) is 145 Å². The first-order valence-corrected chi connectivity index (χ1v) is 16.5. The zero-order chi connectivity index (χ0) is 32.2. The summed E-state index contributed by atoms with van der Waals surface area (Å²) in [6, 6.07) is 44.9. The highest BCUT2D eigenvalue weighted by molar-refractivity contribution is 6.11. The number of pyridine rings is 2. The van der Waals surface area contributed by atoms with Crippen LogP contribution in [-0.4, -0.2) is 26.1 Å². The molecule has 232 valence electrons. The fraction of sp³-hybridized carbons (Fsp3) is 0.0476. The van der Waals surface area contributed by atoms with E-state index >= 15 is 0 Å². The molecule has 0 aliphatic carbocycles. The maximum absolute atomic E-state index is 6.40. The third-order valence-electron chi connectivity index (χ3n) is 10.2. The number of benzene rings is 5. The molecular weight excluding hydrogens is 605 g/mol. The van der Waals surface area contributed by atoms with E-state index in [2.05, 4.69) is 142 Å². The van der Waals surface area contributed by atoms with E-state index in [0.29, 0.717) is 0 Å². The van der Waals surface area contributed by atoms with Gasteiger partial charge < -0.3 is 14.6 Å². The molecule has 1 aliphatic rings. The van der Waals surface area contributed by atoms with Crippen LogP contribution in [0.3, 0.4) is 0 Å². The molecule has 0 bridgehead atoms. The fourth-order valence-corrected chi connectivity index (χ4v) is 7.98. The van der Waals surface area contributed by atoms with Crippen LogP contribution in [0.25, 0.3) is 77.2 Å². The van der Waals surface area contributed by atoms with Crippen molar-refractivity contribution >= 4 is 77.2 Å². The van der Waals surface area contributed by atoms with Gasteiger partial charge in [-0.2, -0.15) is 0 Å². The largest absolute Gasteiger partial charge is 0.456 e. The van der Waals surface area contributed by atoms with Gasteiger partial charge in [0.2, 0.25) is 0 Å². The van der Waals surface area contributed by atoms with Gasteiger partial charge in [0.25, 0.3) is 0 Å². The van der Waals surface area contributed by atoms with Crippen LogP contribution in [0.1, 0.15) is 11.7 Å². The molecule has 0 saturated carbocycles. The molecule has 49 heavy (non-hydrogen) atoms. The average molecular weight is 633 g/mol. The minimum absolute atomic E-state index is 0.0458. The highest BCUT2D eigenvalue weighted by Gasteiger charge is 2.27. The van der Waals surface area contributed by atoms with Crippen molar-refractivity contribution in [3.63, 3.8) is 0 Å². The average Bonchev–Trinajstić information content (AvgIpc) is 3.89. The minimum Gasteiger partial charge on any atom is -0.456 e. The molecule has 1 aliphatic heterocycles. The smallest absolute Gasteiger partial charge is 0.145 e. The Bertz CT molecular complexity index is 2910. The topological polar surface area (TPSA) is 64.1 Å². The van der Waals surface area contributed by atoms with E-state index in [9.17, 15) is 0 Å². The molecule has 5 aromatic heterocycles. The summed E-state index contributed by atoms with van der Waals surface area (Å²) < 4.78 is 10.9. The minimum atomic E-state index is 0.0458. The Morgan fingerprint density at radius 1 is 0.551 bits per heavy atom. The molecule has 6 heterocycles. The molecular formula is C42H28N6O. The number of aromatic nitrogens is 4. The summed E-state index contributed by atoms with van der Waals surface area (Å²) in [7, 11) is 2.15. The number of hydrogen-bond donors (Lipinski definition) is 1. The van der Waals surface area contributed by atoms with Gasteiger partial charge in [-0.1, -0.05) is 36.4 Å². The number of para-hydroxylation sites is 3.